The number of amides is 1. The number of nitrogens with two attached hydrogens (primary N) is 1. The molecule has 0 bridgehead atoms. The lowest BCUT2D eigenvalue weighted by Crippen LogP contribution is -2.29. The predicted molar refractivity (Wildman–Crippen MR) is 66.1 cm³/mol. The molecule has 0 spiro atoms. The summed E-state index contributed by atoms with van der Waals surface area (Å²) in [6, 6.07) is 7.02. The van der Waals surface area contributed by atoms with Crippen LogP contribution in [0.15, 0.2) is 24.3 Å². The summed E-state index contributed by atoms with van der Waals surface area (Å²) in [7, 11) is 0. The van der Waals surface area contributed by atoms with E-state index < -0.39 is 6.10 Å². The monoisotopic (exact) mass is 234 g/mol. The Morgan fingerprint density at radius 2 is 2.12 bits per heavy atom. The molecule has 1 aliphatic rings. The van der Waals surface area contributed by atoms with Crippen LogP contribution >= 0.6 is 0 Å². The van der Waals surface area contributed by atoms with Crippen LogP contribution in [0.5, 0.6) is 0 Å². The average Bonchev–Trinajstić information content (AvgIpc) is 3.04. The topological polar surface area (TPSA) is 75.3 Å². The smallest absolute Gasteiger partial charge is 0.223 e. The molecule has 92 valence electrons. The minimum absolute atomic E-state index is 0.0481. The molecule has 0 aliphatic heterocycles. The summed E-state index contributed by atoms with van der Waals surface area (Å²) in [5, 5.41) is 12.6. The van der Waals surface area contributed by atoms with E-state index in [1.807, 2.05) is 0 Å². The molecule has 0 aromatic heterocycles. The average molecular weight is 234 g/mol. The second-order valence-electron chi connectivity index (χ2n) is 4.75. The summed E-state index contributed by atoms with van der Waals surface area (Å²) in [6.07, 6.45) is 0.290. The third-order valence-corrected chi connectivity index (χ3v) is 3.24. The van der Waals surface area contributed by atoms with E-state index >= 15 is 0 Å². The molecule has 3 unspecified atom stereocenters. The Morgan fingerprint density at radius 1 is 1.53 bits per heavy atom. The van der Waals surface area contributed by atoms with Gasteiger partial charge in [-0.15, -0.1) is 0 Å². The number of rotatable bonds is 4. The van der Waals surface area contributed by atoms with Gasteiger partial charge in [0.2, 0.25) is 5.91 Å². The van der Waals surface area contributed by atoms with Crippen LogP contribution in [-0.2, 0) is 4.79 Å². The Bertz CT molecular complexity index is 402. The van der Waals surface area contributed by atoms with E-state index in [0.717, 1.165) is 12.0 Å². The first-order valence-corrected chi connectivity index (χ1v) is 5.89. The van der Waals surface area contributed by atoms with Crippen molar-refractivity contribution >= 4 is 11.6 Å². The second kappa shape index (κ2) is 4.75. The zero-order chi connectivity index (χ0) is 12.4. The van der Waals surface area contributed by atoms with Crippen LogP contribution in [0.4, 0.5) is 5.69 Å². The molecule has 4 heteroatoms. The zero-order valence-electron chi connectivity index (χ0n) is 9.89. The van der Waals surface area contributed by atoms with Gasteiger partial charge in [-0.3, -0.25) is 4.79 Å². The van der Waals surface area contributed by atoms with Gasteiger partial charge in [-0.25, -0.2) is 0 Å². The third-order valence-electron chi connectivity index (χ3n) is 3.24. The van der Waals surface area contributed by atoms with Gasteiger partial charge >= 0.3 is 0 Å². The van der Waals surface area contributed by atoms with Crippen LogP contribution in [0.3, 0.4) is 0 Å². The van der Waals surface area contributed by atoms with Crippen LogP contribution < -0.4 is 11.1 Å². The van der Waals surface area contributed by atoms with E-state index in [2.05, 4.69) is 12.2 Å². The maximum atomic E-state index is 11.6. The third kappa shape index (κ3) is 2.97. The van der Waals surface area contributed by atoms with Crippen LogP contribution in [-0.4, -0.2) is 17.6 Å². The van der Waals surface area contributed by atoms with Gasteiger partial charge in [0.15, 0.2) is 0 Å². The van der Waals surface area contributed by atoms with Gasteiger partial charge in [0, 0.05) is 18.2 Å². The van der Waals surface area contributed by atoms with Crippen molar-refractivity contribution in [2.45, 2.75) is 19.4 Å². The van der Waals surface area contributed by atoms with Crippen molar-refractivity contribution in [3.8, 4) is 0 Å². The molecular formula is C13H18N2O2. The molecule has 0 heterocycles. The van der Waals surface area contributed by atoms with Crippen molar-refractivity contribution < 1.29 is 9.90 Å². The van der Waals surface area contributed by atoms with Crippen LogP contribution in [0.1, 0.15) is 25.0 Å². The minimum atomic E-state index is -0.673. The maximum Gasteiger partial charge on any atom is 0.223 e. The molecule has 4 N–H and O–H groups in total. The second-order valence-corrected chi connectivity index (χ2v) is 4.75. The molecule has 1 amide bonds. The Balaban J connectivity index is 1.82. The van der Waals surface area contributed by atoms with E-state index in [1.165, 1.54) is 0 Å². The lowest BCUT2D eigenvalue weighted by molar-refractivity contribution is -0.123. The molecule has 1 fully saturated rings. The summed E-state index contributed by atoms with van der Waals surface area (Å²) in [4.78, 5) is 11.6. The number of nitrogen functional groups attached to an aromatic ring is 1. The summed E-state index contributed by atoms with van der Waals surface area (Å²) >= 11 is 0. The first-order chi connectivity index (χ1) is 8.08. The van der Waals surface area contributed by atoms with Crippen molar-refractivity contribution in [1.29, 1.82) is 0 Å². The van der Waals surface area contributed by atoms with E-state index in [4.69, 9.17) is 5.73 Å². The van der Waals surface area contributed by atoms with Crippen molar-refractivity contribution in [3.05, 3.63) is 29.8 Å². The standard InChI is InChI=1S/C13H18N2O2/c1-8-6-11(8)13(17)15-7-12(16)9-2-4-10(14)5-3-9/h2-5,8,11-12,16H,6-7,14H2,1H3,(H,15,17). The molecule has 1 aromatic rings. The fourth-order valence-electron chi connectivity index (χ4n) is 1.85. The number of anilines is 1. The maximum absolute atomic E-state index is 11.6. The van der Waals surface area contributed by atoms with Gasteiger partial charge < -0.3 is 16.2 Å². The van der Waals surface area contributed by atoms with Crippen LogP contribution in [0.25, 0.3) is 0 Å². The van der Waals surface area contributed by atoms with Crippen molar-refractivity contribution in [3.63, 3.8) is 0 Å². The van der Waals surface area contributed by atoms with Gasteiger partial charge in [-0.2, -0.15) is 0 Å². The fraction of sp³-hybridized carbons (Fsp3) is 0.462. The number of hydrogen-bond acceptors (Lipinski definition) is 3. The lowest BCUT2D eigenvalue weighted by Gasteiger charge is -2.12. The number of benzene rings is 1. The molecule has 3 atom stereocenters. The number of hydrogen-bond donors (Lipinski definition) is 3. The zero-order valence-corrected chi connectivity index (χ0v) is 9.89. The van der Waals surface area contributed by atoms with E-state index in [-0.39, 0.29) is 18.4 Å². The molecule has 1 aliphatic carbocycles. The number of aliphatic hydroxyl groups excluding tert-OH is 1. The highest BCUT2D eigenvalue weighted by molar-refractivity contribution is 5.81. The molecule has 1 saturated carbocycles. The van der Waals surface area contributed by atoms with Crippen molar-refractivity contribution in [2.24, 2.45) is 11.8 Å². The molecule has 17 heavy (non-hydrogen) atoms. The van der Waals surface area contributed by atoms with Gasteiger partial charge in [-0.05, 0) is 30.0 Å². The quantitative estimate of drug-likeness (QED) is 0.682. The summed E-state index contributed by atoms with van der Waals surface area (Å²) in [5.74, 6) is 0.685. The lowest BCUT2D eigenvalue weighted by atomic mass is 10.1. The first-order valence-electron chi connectivity index (χ1n) is 5.89. The first kappa shape index (κ1) is 11.9. The minimum Gasteiger partial charge on any atom is -0.399 e. The van der Waals surface area contributed by atoms with Gasteiger partial charge in [0.1, 0.15) is 0 Å². The Morgan fingerprint density at radius 3 is 2.65 bits per heavy atom. The largest absolute Gasteiger partial charge is 0.399 e. The Labute approximate surface area is 101 Å². The normalized spacial score (nSPS) is 24.1. The highest BCUT2D eigenvalue weighted by Gasteiger charge is 2.38. The molecule has 2 rings (SSSR count). The Hall–Kier alpha value is -1.55. The number of carbonyl (C=O) groups excluding carboxylic acids is 1. The molecule has 0 radical (unpaired) electrons. The summed E-state index contributed by atoms with van der Waals surface area (Å²) in [6.45, 7) is 2.31. The highest BCUT2D eigenvalue weighted by atomic mass is 16.3. The highest BCUT2D eigenvalue weighted by Crippen LogP contribution is 2.37. The van der Waals surface area contributed by atoms with Crippen molar-refractivity contribution in [1.82, 2.24) is 5.32 Å². The van der Waals surface area contributed by atoms with E-state index in [1.54, 1.807) is 24.3 Å². The number of carbonyl (C=O) groups is 1. The van der Waals surface area contributed by atoms with Crippen LogP contribution in [0.2, 0.25) is 0 Å². The summed E-state index contributed by atoms with van der Waals surface area (Å²) in [5.41, 5.74) is 6.99. The Kier molecular flexibility index (Phi) is 3.33. The number of aliphatic hydroxyl groups is 1. The predicted octanol–water partition coefficient (Wildman–Crippen LogP) is 1.07. The molecular weight excluding hydrogens is 216 g/mol. The number of nitrogens with one attached hydrogen (secondary N) is 1. The molecule has 0 saturated heterocycles. The summed E-state index contributed by atoms with van der Waals surface area (Å²) < 4.78 is 0. The van der Waals surface area contributed by atoms with Gasteiger partial charge in [-0.1, -0.05) is 19.1 Å². The molecule has 4 nitrogen and oxygen atoms in total. The fourth-order valence-corrected chi connectivity index (χ4v) is 1.85. The van der Waals surface area contributed by atoms with Gasteiger partial charge in [0.25, 0.3) is 0 Å². The van der Waals surface area contributed by atoms with E-state index in [0.29, 0.717) is 11.6 Å². The van der Waals surface area contributed by atoms with Gasteiger partial charge in [0.05, 0.1) is 6.10 Å². The molecule has 1 aromatic carbocycles. The van der Waals surface area contributed by atoms with Crippen LogP contribution in [0, 0.1) is 11.8 Å². The SMILES string of the molecule is CC1CC1C(=O)NCC(O)c1ccc(N)cc1. The van der Waals surface area contributed by atoms with Crippen molar-refractivity contribution in [2.75, 3.05) is 12.3 Å². The van der Waals surface area contributed by atoms with E-state index in [9.17, 15) is 9.90 Å².